The lowest BCUT2D eigenvalue weighted by Gasteiger charge is -2.31. The SMILES string of the molecule is CCC(O)(CC)C(O)Cc1cc(Br)cc2c1OCC2. The number of benzene rings is 1. The molecule has 19 heavy (non-hydrogen) atoms. The second-order valence-corrected chi connectivity index (χ2v) is 6.10. The maximum absolute atomic E-state index is 10.4. The Kier molecular flexibility index (Phi) is 4.54. The number of aliphatic hydroxyl groups excluding tert-OH is 1. The predicted molar refractivity (Wildman–Crippen MR) is 78.6 cm³/mol. The molecule has 1 aromatic rings. The largest absolute Gasteiger partial charge is 0.493 e. The Balaban J connectivity index is 2.24. The Morgan fingerprint density at radius 3 is 2.68 bits per heavy atom. The van der Waals surface area contributed by atoms with Crippen LogP contribution in [-0.4, -0.2) is 28.5 Å². The van der Waals surface area contributed by atoms with Gasteiger partial charge in [0.2, 0.25) is 0 Å². The van der Waals surface area contributed by atoms with E-state index in [4.69, 9.17) is 4.74 Å². The van der Waals surface area contributed by atoms with Gasteiger partial charge in [-0.2, -0.15) is 0 Å². The van der Waals surface area contributed by atoms with E-state index < -0.39 is 11.7 Å². The molecule has 0 aliphatic carbocycles. The number of fused-ring (bicyclic) bond motifs is 1. The Morgan fingerprint density at radius 2 is 2.05 bits per heavy atom. The van der Waals surface area contributed by atoms with Crippen molar-refractivity contribution in [2.45, 2.75) is 51.2 Å². The Hall–Kier alpha value is -0.580. The molecule has 0 radical (unpaired) electrons. The standard InChI is InChI=1S/C15H21BrO3/c1-3-15(18,4-2)13(17)9-11-8-12(16)7-10-5-6-19-14(10)11/h7-8,13,17-18H,3-6,9H2,1-2H3. The third-order valence-electron chi connectivity index (χ3n) is 4.08. The summed E-state index contributed by atoms with van der Waals surface area (Å²) in [6.07, 6.45) is 1.64. The van der Waals surface area contributed by atoms with Gasteiger partial charge >= 0.3 is 0 Å². The molecule has 2 N–H and O–H groups in total. The lowest BCUT2D eigenvalue weighted by molar-refractivity contribution is -0.0791. The first-order valence-corrected chi connectivity index (χ1v) is 7.64. The smallest absolute Gasteiger partial charge is 0.125 e. The van der Waals surface area contributed by atoms with Crippen molar-refractivity contribution in [2.75, 3.05) is 6.61 Å². The van der Waals surface area contributed by atoms with E-state index in [1.165, 1.54) is 5.56 Å². The maximum atomic E-state index is 10.4. The Labute approximate surface area is 122 Å². The molecule has 0 aromatic heterocycles. The number of ether oxygens (including phenoxy) is 1. The van der Waals surface area contributed by atoms with E-state index in [1.807, 2.05) is 19.9 Å². The van der Waals surface area contributed by atoms with E-state index in [1.54, 1.807) is 0 Å². The van der Waals surface area contributed by atoms with Crippen molar-refractivity contribution in [3.63, 3.8) is 0 Å². The van der Waals surface area contributed by atoms with Crippen LogP contribution < -0.4 is 4.74 Å². The van der Waals surface area contributed by atoms with Crippen LogP contribution in [0.3, 0.4) is 0 Å². The minimum absolute atomic E-state index is 0.417. The molecule has 1 heterocycles. The highest BCUT2D eigenvalue weighted by Crippen LogP contribution is 2.35. The molecule has 0 fully saturated rings. The number of hydrogen-bond acceptors (Lipinski definition) is 3. The normalized spacial score (nSPS) is 16.1. The van der Waals surface area contributed by atoms with Gasteiger partial charge in [0, 0.05) is 17.3 Å². The van der Waals surface area contributed by atoms with E-state index in [2.05, 4.69) is 22.0 Å². The van der Waals surface area contributed by atoms with Gasteiger partial charge in [-0.1, -0.05) is 29.8 Å². The van der Waals surface area contributed by atoms with Crippen LogP contribution in [-0.2, 0) is 12.8 Å². The zero-order valence-electron chi connectivity index (χ0n) is 11.4. The van der Waals surface area contributed by atoms with Crippen LogP contribution in [0, 0.1) is 0 Å². The quantitative estimate of drug-likeness (QED) is 0.873. The number of hydrogen-bond donors (Lipinski definition) is 2. The summed E-state index contributed by atoms with van der Waals surface area (Å²) in [5, 5.41) is 20.7. The van der Waals surface area contributed by atoms with Gasteiger partial charge in [0.15, 0.2) is 0 Å². The molecule has 0 spiro atoms. The third-order valence-corrected chi connectivity index (χ3v) is 4.54. The van der Waals surface area contributed by atoms with E-state index in [9.17, 15) is 10.2 Å². The van der Waals surface area contributed by atoms with Crippen molar-refractivity contribution in [2.24, 2.45) is 0 Å². The second-order valence-electron chi connectivity index (χ2n) is 5.18. The van der Waals surface area contributed by atoms with E-state index in [-0.39, 0.29) is 0 Å². The van der Waals surface area contributed by atoms with Gasteiger partial charge < -0.3 is 14.9 Å². The van der Waals surface area contributed by atoms with Gasteiger partial charge in [0.25, 0.3) is 0 Å². The molecular weight excluding hydrogens is 308 g/mol. The van der Waals surface area contributed by atoms with Crippen molar-refractivity contribution in [3.8, 4) is 5.75 Å². The first kappa shape index (κ1) is 14.8. The lowest BCUT2D eigenvalue weighted by Crippen LogP contribution is -2.42. The van der Waals surface area contributed by atoms with Crippen molar-refractivity contribution in [3.05, 3.63) is 27.7 Å². The minimum Gasteiger partial charge on any atom is -0.493 e. The summed E-state index contributed by atoms with van der Waals surface area (Å²) < 4.78 is 6.65. The molecular formula is C15H21BrO3. The zero-order valence-corrected chi connectivity index (χ0v) is 13.0. The monoisotopic (exact) mass is 328 g/mol. The summed E-state index contributed by atoms with van der Waals surface area (Å²) in [7, 11) is 0. The van der Waals surface area contributed by atoms with Crippen LogP contribution in [0.4, 0.5) is 0 Å². The van der Waals surface area contributed by atoms with Gasteiger partial charge in [0.1, 0.15) is 5.75 Å². The second kappa shape index (κ2) is 5.81. The highest BCUT2D eigenvalue weighted by molar-refractivity contribution is 9.10. The van der Waals surface area contributed by atoms with Crippen LogP contribution >= 0.6 is 15.9 Å². The molecule has 0 amide bonds. The van der Waals surface area contributed by atoms with Crippen molar-refractivity contribution in [1.82, 2.24) is 0 Å². The summed E-state index contributed by atoms with van der Waals surface area (Å²) in [4.78, 5) is 0. The number of halogens is 1. The van der Waals surface area contributed by atoms with Crippen LogP contribution in [0.15, 0.2) is 16.6 Å². The summed E-state index contributed by atoms with van der Waals surface area (Å²) in [6.45, 7) is 4.49. The molecule has 1 unspecified atom stereocenters. The van der Waals surface area contributed by atoms with Gasteiger partial charge in [-0.3, -0.25) is 0 Å². The molecule has 1 atom stereocenters. The molecule has 1 aliphatic heterocycles. The average molecular weight is 329 g/mol. The zero-order chi connectivity index (χ0) is 14.0. The first-order valence-electron chi connectivity index (χ1n) is 6.84. The first-order chi connectivity index (χ1) is 9.00. The average Bonchev–Trinajstić information content (AvgIpc) is 2.85. The number of aliphatic hydroxyl groups is 2. The molecule has 0 bridgehead atoms. The molecule has 0 saturated heterocycles. The number of rotatable bonds is 5. The van der Waals surface area contributed by atoms with E-state index in [0.717, 1.165) is 22.2 Å². The van der Waals surface area contributed by atoms with Gasteiger partial charge in [-0.25, -0.2) is 0 Å². The highest BCUT2D eigenvalue weighted by Gasteiger charge is 2.33. The van der Waals surface area contributed by atoms with Crippen molar-refractivity contribution < 1.29 is 14.9 Å². The molecule has 1 aliphatic rings. The summed E-state index contributed by atoms with van der Waals surface area (Å²) in [5.41, 5.74) is 1.12. The van der Waals surface area contributed by atoms with Crippen LogP contribution in [0.25, 0.3) is 0 Å². The molecule has 0 saturated carbocycles. The Bertz CT molecular complexity index is 455. The molecule has 4 heteroatoms. The van der Waals surface area contributed by atoms with Crippen molar-refractivity contribution >= 4 is 15.9 Å². The fraction of sp³-hybridized carbons (Fsp3) is 0.600. The van der Waals surface area contributed by atoms with Crippen LogP contribution in [0.1, 0.15) is 37.8 Å². The predicted octanol–water partition coefficient (Wildman–Crippen LogP) is 2.84. The summed E-state index contributed by atoms with van der Waals surface area (Å²) in [6, 6.07) is 4.03. The van der Waals surface area contributed by atoms with E-state index in [0.29, 0.717) is 25.9 Å². The lowest BCUT2D eigenvalue weighted by atomic mass is 9.86. The topological polar surface area (TPSA) is 49.7 Å². The van der Waals surface area contributed by atoms with Gasteiger partial charge in [-0.05, 0) is 36.1 Å². The fourth-order valence-corrected chi connectivity index (χ4v) is 3.17. The fourth-order valence-electron chi connectivity index (χ4n) is 2.62. The molecule has 106 valence electrons. The van der Waals surface area contributed by atoms with Crippen LogP contribution in [0.2, 0.25) is 0 Å². The third kappa shape index (κ3) is 2.96. The summed E-state index contributed by atoms with van der Waals surface area (Å²) >= 11 is 3.49. The maximum Gasteiger partial charge on any atom is 0.125 e. The van der Waals surface area contributed by atoms with Crippen LogP contribution in [0.5, 0.6) is 5.75 Å². The molecule has 3 nitrogen and oxygen atoms in total. The minimum atomic E-state index is -1.02. The molecule has 2 rings (SSSR count). The Morgan fingerprint density at radius 1 is 1.37 bits per heavy atom. The summed E-state index contributed by atoms with van der Waals surface area (Å²) in [5.74, 6) is 0.886. The molecule has 1 aromatic carbocycles. The highest BCUT2D eigenvalue weighted by atomic mass is 79.9. The van der Waals surface area contributed by atoms with Gasteiger partial charge in [-0.15, -0.1) is 0 Å². The van der Waals surface area contributed by atoms with E-state index >= 15 is 0 Å². The van der Waals surface area contributed by atoms with Gasteiger partial charge in [0.05, 0.1) is 18.3 Å². The van der Waals surface area contributed by atoms with Crippen molar-refractivity contribution in [1.29, 1.82) is 0 Å².